The molecular weight excluding hydrogens is 248 g/mol. The maximum atomic E-state index is 10.2. The van der Waals surface area contributed by atoms with Crippen LogP contribution in [0, 0.1) is 0 Å². The van der Waals surface area contributed by atoms with Gasteiger partial charge in [0.15, 0.2) is 0 Å². The summed E-state index contributed by atoms with van der Waals surface area (Å²) < 4.78 is 0. The number of pyridine rings is 1. The Morgan fingerprint density at radius 2 is 1.90 bits per heavy atom. The van der Waals surface area contributed by atoms with Crippen molar-refractivity contribution in [2.24, 2.45) is 0 Å². The summed E-state index contributed by atoms with van der Waals surface area (Å²) in [6, 6.07) is 10.3. The van der Waals surface area contributed by atoms with Gasteiger partial charge in [0.25, 0.3) is 0 Å². The molecule has 0 saturated carbocycles. The fraction of sp³-hybridized carbons (Fsp3) is 0.471. The zero-order valence-electron chi connectivity index (χ0n) is 12.4. The van der Waals surface area contributed by atoms with E-state index in [1.54, 1.807) is 0 Å². The van der Waals surface area contributed by atoms with Crippen LogP contribution in [0.5, 0.6) is 0 Å². The Morgan fingerprint density at radius 3 is 2.65 bits per heavy atom. The second-order valence-electron chi connectivity index (χ2n) is 5.35. The third-order valence-electron chi connectivity index (χ3n) is 4.06. The highest BCUT2D eigenvalue weighted by Gasteiger charge is 2.20. The summed E-state index contributed by atoms with van der Waals surface area (Å²) in [7, 11) is 0. The van der Waals surface area contributed by atoms with Crippen molar-refractivity contribution in [3.05, 3.63) is 42.1 Å². The minimum atomic E-state index is -0.572. The number of aromatic nitrogens is 1. The van der Waals surface area contributed by atoms with Crippen LogP contribution in [0.25, 0.3) is 10.9 Å². The van der Waals surface area contributed by atoms with E-state index in [1.807, 2.05) is 26.1 Å². The van der Waals surface area contributed by atoms with Gasteiger partial charge in [0.2, 0.25) is 0 Å². The third-order valence-corrected chi connectivity index (χ3v) is 4.06. The molecular formula is C17H24N2O. The first kappa shape index (κ1) is 14.9. The second kappa shape index (κ2) is 6.82. The molecule has 3 nitrogen and oxygen atoms in total. The number of hydrogen-bond acceptors (Lipinski definition) is 3. The predicted molar refractivity (Wildman–Crippen MR) is 83.8 cm³/mol. The minimum Gasteiger partial charge on any atom is -0.389 e. The summed E-state index contributed by atoms with van der Waals surface area (Å²) in [6.45, 7) is 5.57. The number of rotatable bonds is 7. The van der Waals surface area contributed by atoms with E-state index in [2.05, 4.69) is 34.6 Å². The van der Waals surface area contributed by atoms with Crippen molar-refractivity contribution in [2.75, 3.05) is 13.1 Å². The zero-order chi connectivity index (χ0) is 14.4. The topological polar surface area (TPSA) is 45.1 Å². The third kappa shape index (κ3) is 3.56. The summed E-state index contributed by atoms with van der Waals surface area (Å²) in [4.78, 5) is 4.46. The molecule has 0 aliphatic heterocycles. The molecule has 108 valence electrons. The van der Waals surface area contributed by atoms with E-state index < -0.39 is 5.60 Å². The number of hydrogen-bond donors (Lipinski definition) is 2. The van der Waals surface area contributed by atoms with Gasteiger partial charge in [-0.15, -0.1) is 0 Å². The summed E-state index contributed by atoms with van der Waals surface area (Å²) in [5.74, 6) is 0. The van der Waals surface area contributed by atoms with Gasteiger partial charge in [-0.25, -0.2) is 0 Å². The maximum absolute atomic E-state index is 10.2. The van der Waals surface area contributed by atoms with Crippen molar-refractivity contribution >= 4 is 10.9 Å². The summed E-state index contributed by atoms with van der Waals surface area (Å²) in [6.07, 6.45) is 4.34. The number of nitrogens with one attached hydrogen (secondary N) is 1. The van der Waals surface area contributed by atoms with Crippen LogP contribution in [0.1, 0.15) is 32.3 Å². The number of aliphatic hydroxyl groups is 1. The lowest BCUT2D eigenvalue weighted by molar-refractivity contribution is 0.0328. The SMILES string of the molecule is CCC(O)(CC)CNCCc1cccc2cccnc12. The molecule has 0 saturated heterocycles. The Morgan fingerprint density at radius 1 is 1.15 bits per heavy atom. The van der Waals surface area contributed by atoms with Gasteiger partial charge < -0.3 is 10.4 Å². The number of para-hydroxylation sites is 1. The standard InChI is InChI=1S/C17H24N2O/c1-3-17(20,4-2)13-18-12-10-15-8-5-7-14-9-6-11-19-16(14)15/h5-9,11,18,20H,3-4,10,12-13H2,1-2H3. The Bertz CT molecular complexity index is 544. The highest BCUT2D eigenvalue weighted by molar-refractivity contribution is 5.81. The molecule has 0 radical (unpaired) electrons. The molecule has 2 N–H and O–H groups in total. The molecule has 0 aliphatic carbocycles. The molecule has 0 unspecified atom stereocenters. The lowest BCUT2D eigenvalue weighted by Crippen LogP contribution is -2.40. The van der Waals surface area contributed by atoms with Gasteiger partial charge in [-0.3, -0.25) is 4.98 Å². The van der Waals surface area contributed by atoms with Crippen LogP contribution in [-0.4, -0.2) is 28.8 Å². The van der Waals surface area contributed by atoms with E-state index in [9.17, 15) is 5.11 Å². The van der Waals surface area contributed by atoms with E-state index >= 15 is 0 Å². The zero-order valence-corrected chi connectivity index (χ0v) is 12.4. The van der Waals surface area contributed by atoms with E-state index in [1.165, 1.54) is 10.9 Å². The molecule has 0 fully saturated rings. The van der Waals surface area contributed by atoms with Gasteiger partial charge in [0.05, 0.1) is 11.1 Å². The normalized spacial score (nSPS) is 11.9. The Balaban J connectivity index is 1.94. The van der Waals surface area contributed by atoms with Crippen molar-refractivity contribution in [2.45, 2.75) is 38.7 Å². The minimum absolute atomic E-state index is 0.572. The van der Waals surface area contributed by atoms with E-state index in [0.717, 1.165) is 31.3 Å². The molecule has 0 bridgehead atoms. The van der Waals surface area contributed by atoms with Crippen LogP contribution in [0.15, 0.2) is 36.5 Å². The molecule has 2 rings (SSSR count). The van der Waals surface area contributed by atoms with Crippen LogP contribution >= 0.6 is 0 Å². The van der Waals surface area contributed by atoms with E-state index in [4.69, 9.17) is 0 Å². The highest BCUT2D eigenvalue weighted by Crippen LogP contribution is 2.16. The second-order valence-corrected chi connectivity index (χ2v) is 5.35. The number of nitrogens with zero attached hydrogens (tertiary/aromatic N) is 1. The maximum Gasteiger partial charge on any atom is 0.0766 e. The first-order chi connectivity index (χ1) is 9.68. The smallest absolute Gasteiger partial charge is 0.0766 e. The van der Waals surface area contributed by atoms with Crippen LogP contribution in [-0.2, 0) is 6.42 Å². The summed E-state index contributed by atoms with van der Waals surface area (Å²) in [5, 5.41) is 14.8. The van der Waals surface area contributed by atoms with Crippen molar-refractivity contribution in [3.8, 4) is 0 Å². The van der Waals surface area contributed by atoms with Crippen LogP contribution in [0.4, 0.5) is 0 Å². The molecule has 0 atom stereocenters. The molecule has 0 spiro atoms. The first-order valence-corrected chi connectivity index (χ1v) is 7.44. The average Bonchev–Trinajstić information content (AvgIpc) is 2.51. The Labute approximate surface area is 121 Å². The van der Waals surface area contributed by atoms with Gasteiger partial charge in [0, 0.05) is 18.1 Å². The van der Waals surface area contributed by atoms with E-state index in [-0.39, 0.29) is 0 Å². The van der Waals surface area contributed by atoms with E-state index in [0.29, 0.717) is 6.54 Å². The fourth-order valence-corrected chi connectivity index (χ4v) is 2.41. The van der Waals surface area contributed by atoms with Gasteiger partial charge in [0.1, 0.15) is 0 Å². The van der Waals surface area contributed by atoms with Gasteiger partial charge >= 0.3 is 0 Å². The molecule has 1 aromatic carbocycles. The van der Waals surface area contributed by atoms with Crippen molar-refractivity contribution < 1.29 is 5.11 Å². The first-order valence-electron chi connectivity index (χ1n) is 7.44. The predicted octanol–water partition coefficient (Wildman–Crippen LogP) is 2.92. The molecule has 0 aliphatic rings. The Hall–Kier alpha value is -1.45. The van der Waals surface area contributed by atoms with Crippen LogP contribution < -0.4 is 5.32 Å². The quantitative estimate of drug-likeness (QED) is 0.762. The van der Waals surface area contributed by atoms with Crippen molar-refractivity contribution in [1.82, 2.24) is 10.3 Å². The molecule has 2 aromatic rings. The molecule has 1 heterocycles. The lowest BCUT2D eigenvalue weighted by Gasteiger charge is -2.25. The van der Waals surface area contributed by atoms with Crippen molar-refractivity contribution in [1.29, 1.82) is 0 Å². The largest absolute Gasteiger partial charge is 0.389 e. The lowest BCUT2D eigenvalue weighted by atomic mass is 9.97. The average molecular weight is 272 g/mol. The summed E-state index contributed by atoms with van der Waals surface area (Å²) >= 11 is 0. The molecule has 3 heteroatoms. The Kier molecular flexibility index (Phi) is 5.10. The van der Waals surface area contributed by atoms with Crippen LogP contribution in [0.2, 0.25) is 0 Å². The van der Waals surface area contributed by atoms with Gasteiger partial charge in [-0.2, -0.15) is 0 Å². The number of benzene rings is 1. The summed E-state index contributed by atoms with van der Waals surface area (Å²) in [5.41, 5.74) is 1.77. The van der Waals surface area contributed by atoms with Crippen LogP contribution in [0.3, 0.4) is 0 Å². The molecule has 0 amide bonds. The highest BCUT2D eigenvalue weighted by atomic mass is 16.3. The van der Waals surface area contributed by atoms with Crippen molar-refractivity contribution in [3.63, 3.8) is 0 Å². The monoisotopic (exact) mass is 272 g/mol. The molecule has 20 heavy (non-hydrogen) atoms. The number of fused-ring (bicyclic) bond motifs is 1. The molecule has 1 aromatic heterocycles. The van der Waals surface area contributed by atoms with Gasteiger partial charge in [-0.05, 0) is 37.4 Å². The fourth-order valence-electron chi connectivity index (χ4n) is 2.41. The van der Waals surface area contributed by atoms with Gasteiger partial charge in [-0.1, -0.05) is 38.1 Å².